The van der Waals surface area contributed by atoms with E-state index in [1.807, 2.05) is 12.3 Å². The third-order valence-electron chi connectivity index (χ3n) is 6.56. The molecule has 3 N–H and O–H groups in total. The molecule has 1 aliphatic carbocycles. The van der Waals surface area contributed by atoms with E-state index in [4.69, 9.17) is 0 Å². The van der Waals surface area contributed by atoms with Crippen LogP contribution < -0.4 is 10.6 Å². The number of carboxylic acids is 1. The van der Waals surface area contributed by atoms with Crippen LogP contribution in [0.1, 0.15) is 61.6 Å². The summed E-state index contributed by atoms with van der Waals surface area (Å²) >= 11 is 0. The molecule has 30 heavy (non-hydrogen) atoms. The molecule has 4 heterocycles. The Bertz CT molecular complexity index is 962. The van der Waals surface area contributed by atoms with Gasteiger partial charge in [-0.25, -0.2) is 24.7 Å². The highest BCUT2D eigenvalue weighted by Crippen LogP contribution is 2.45. The topological polar surface area (TPSA) is 112 Å². The van der Waals surface area contributed by atoms with Gasteiger partial charge in [0.25, 0.3) is 0 Å². The molecule has 2 aromatic rings. The number of carboxylic acid groups (broad SMARTS) is 1. The predicted octanol–water partition coefficient (Wildman–Crippen LogP) is 3.53. The van der Waals surface area contributed by atoms with Gasteiger partial charge in [-0.1, -0.05) is 18.9 Å². The van der Waals surface area contributed by atoms with Crippen molar-refractivity contribution < 1.29 is 9.90 Å². The lowest BCUT2D eigenvalue weighted by Crippen LogP contribution is -2.26. The van der Waals surface area contributed by atoms with Crippen LogP contribution in [0.25, 0.3) is 0 Å². The summed E-state index contributed by atoms with van der Waals surface area (Å²) in [6, 6.07) is 4.08. The number of aliphatic imine (C=N–C) groups is 1. The van der Waals surface area contributed by atoms with Crippen molar-refractivity contribution in [3.8, 4) is 0 Å². The van der Waals surface area contributed by atoms with Gasteiger partial charge in [-0.15, -0.1) is 0 Å². The average molecular weight is 406 g/mol. The number of carbonyl (C=O) groups is 1. The molecule has 8 heteroatoms. The normalized spacial score (nSPS) is 22.0. The van der Waals surface area contributed by atoms with Crippen LogP contribution in [0.5, 0.6) is 0 Å². The van der Waals surface area contributed by atoms with Gasteiger partial charge in [0.1, 0.15) is 17.2 Å². The molecule has 1 saturated heterocycles. The second kappa shape index (κ2) is 8.10. The van der Waals surface area contributed by atoms with Crippen LogP contribution in [0, 0.1) is 5.92 Å². The van der Waals surface area contributed by atoms with E-state index in [9.17, 15) is 9.90 Å². The van der Waals surface area contributed by atoms with E-state index in [1.54, 1.807) is 6.20 Å². The number of aromatic nitrogens is 3. The van der Waals surface area contributed by atoms with Gasteiger partial charge in [-0.05, 0) is 62.2 Å². The zero-order valence-electron chi connectivity index (χ0n) is 16.8. The third-order valence-corrected chi connectivity index (χ3v) is 6.56. The van der Waals surface area contributed by atoms with E-state index >= 15 is 0 Å². The van der Waals surface area contributed by atoms with E-state index in [0.29, 0.717) is 23.4 Å². The Morgan fingerprint density at radius 3 is 2.57 bits per heavy atom. The number of anilines is 2. The second-order valence-corrected chi connectivity index (χ2v) is 8.41. The van der Waals surface area contributed by atoms with Gasteiger partial charge in [0.2, 0.25) is 5.95 Å². The summed E-state index contributed by atoms with van der Waals surface area (Å²) in [5, 5.41) is 16.2. The third kappa shape index (κ3) is 3.67. The molecular formula is C22H26N6O2. The van der Waals surface area contributed by atoms with Crippen molar-refractivity contribution in [3.63, 3.8) is 0 Å². The molecule has 1 atom stereocenters. The highest BCUT2D eigenvalue weighted by molar-refractivity contribution is 6.39. The maximum Gasteiger partial charge on any atom is 0.350 e. The molecule has 8 nitrogen and oxygen atoms in total. The number of hydrogen-bond acceptors (Lipinski definition) is 7. The van der Waals surface area contributed by atoms with Gasteiger partial charge in [-0.2, -0.15) is 0 Å². The minimum absolute atomic E-state index is 0.202. The minimum Gasteiger partial charge on any atom is -0.477 e. The van der Waals surface area contributed by atoms with Crippen molar-refractivity contribution in [1.29, 1.82) is 0 Å². The molecule has 0 amide bonds. The van der Waals surface area contributed by atoms with Gasteiger partial charge in [-0.3, -0.25) is 0 Å². The lowest BCUT2D eigenvalue weighted by atomic mass is 9.85. The molecule has 0 aromatic carbocycles. The van der Waals surface area contributed by atoms with E-state index in [-0.39, 0.29) is 17.5 Å². The number of nitrogens with zero attached hydrogens (tertiary/aromatic N) is 4. The summed E-state index contributed by atoms with van der Waals surface area (Å²) in [5.74, 6) is 0.741. The molecule has 3 aliphatic rings. The molecule has 0 spiro atoms. The van der Waals surface area contributed by atoms with Crippen LogP contribution in [-0.4, -0.2) is 44.8 Å². The van der Waals surface area contributed by atoms with Crippen molar-refractivity contribution >= 4 is 29.1 Å². The molecule has 1 unspecified atom stereocenters. The average Bonchev–Trinajstić information content (AvgIpc) is 3.42. The Labute approximate surface area is 175 Å². The minimum atomic E-state index is -0.963. The van der Waals surface area contributed by atoms with Crippen LogP contribution in [0.2, 0.25) is 0 Å². The number of rotatable bonds is 5. The van der Waals surface area contributed by atoms with Gasteiger partial charge in [0.15, 0.2) is 0 Å². The second-order valence-electron chi connectivity index (χ2n) is 8.41. The molecule has 2 aromatic heterocycles. The number of aliphatic carboxylic acids is 1. The van der Waals surface area contributed by atoms with Gasteiger partial charge < -0.3 is 15.7 Å². The van der Waals surface area contributed by atoms with Crippen molar-refractivity contribution in [1.82, 2.24) is 20.3 Å². The predicted molar refractivity (Wildman–Crippen MR) is 114 cm³/mol. The first-order valence-electron chi connectivity index (χ1n) is 10.8. The number of nitrogens with one attached hydrogen (secondary N) is 2. The Morgan fingerprint density at radius 1 is 1.07 bits per heavy atom. The number of pyridine rings is 1. The van der Waals surface area contributed by atoms with E-state index in [2.05, 4.69) is 36.6 Å². The fourth-order valence-corrected chi connectivity index (χ4v) is 5.00. The summed E-state index contributed by atoms with van der Waals surface area (Å²) in [5.41, 5.74) is 2.76. The monoisotopic (exact) mass is 406 g/mol. The Kier molecular flexibility index (Phi) is 5.16. The first-order chi connectivity index (χ1) is 14.7. The lowest BCUT2D eigenvalue weighted by molar-refractivity contribution is -0.129. The lowest BCUT2D eigenvalue weighted by Gasteiger charge is -2.22. The summed E-state index contributed by atoms with van der Waals surface area (Å²) in [4.78, 5) is 29.7. The highest BCUT2D eigenvalue weighted by Gasteiger charge is 2.40. The molecule has 2 fully saturated rings. The number of hydrogen-bond donors (Lipinski definition) is 3. The molecule has 0 radical (unpaired) electrons. The first kappa shape index (κ1) is 19.1. The maximum absolute atomic E-state index is 11.8. The molecular weight excluding hydrogens is 380 g/mol. The molecule has 2 aliphatic heterocycles. The summed E-state index contributed by atoms with van der Waals surface area (Å²) in [6.45, 7) is 2.10. The highest BCUT2D eigenvalue weighted by atomic mass is 16.4. The maximum atomic E-state index is 11.8. The van der Waals surface area contributed by atoms with Crippen LogP contribution in [0.15, 0.2) is 29.5 Å². The number of piperidine rings is 1. The van der Waals surface area contributed by atoms with Crippen molar-refractivity contribution in [2.45, 2.75) is 50.4 Å². The molecule has 156 valence electrons. The van der Waals surface area contributed by atoms with E-state index in [0.717, 1.165) is 57.3 Å². The zero-order valence-corrected chi connectivity index (χ0v) is 16.8. The summed E-state index contributed by atoms with van der Waals surface area (Å²) in [6.07, 6.45) is 10.1. The van der Waals surface area contributed by atoms with Crippen LogP contribution in [0.4, 0.5) is 17.5 Å². The van der Waals surface area contributed by atoms with Crippen molar-refractivity contribution in [3.05, 3.63) is 35.8 Å². The largest absolute Gasteiger partial charge is 0.477 e. The summed E-state index contributed by atoms with van der Waals surface area (Å²) in [7, 11) is 0. The van der Waals surface area contributed by atoms with Crippen molar-refractivity contribution in [2.75, 3.05) is 18.4 Å². The number of fused-ring (bicyclic) bond motifs is 1. The fraction of sp³-hybridized carbons (Fsp3) is 0.500. The van der Waals surface area contributed by atoms with Crippen LogP contribution in [0.3, 0.4) is 0 Å². The Balaban J connectivity index is 1.35. The first-order valence-corrected chi connectivity index (χ1v) is 10.8. The zero-order chi connectivity index (χ0) is 20.5. The van der Waals surface area contributed by atoms with Gasteiger partial charge in [0, 0.05) is 6.20 Å². The smallest absolute Gasteiger partial charge is 0.350 e. The van der Waals surface area contributed by atoms with Crippen LogP contribution >= 0.6 is 0 Å². The SMILES string of the molecule is O=C(O)C1=Nc2cnc(Nc3ccc(C4CCNCC4)cn3)nc2C1C1CCCC1. The van der Waals surface area contributed by atoms with Gasteiger partial charge in [0.05, 0.1) is 17.8 Å². The van der Waals surface area contributed by atoms with E-state index < -0.39 is 5.97 Å². The molecule has 5 rings (SSSR count). The Morgan fingerprint density at radius 2 is 1.87 bits per heavy atom. The van der Waals surface area contributed by atoms with Crippen molar-refractivity contribution in [2.24, 2.45) is 10.9 Å². The fourth-order valence-electron chi connectivity index (χ4n) is 5.00. The molecule has 1 saturated carbocycles. The quantitative estimate of drug-likeness (QED) is 0.696. The molecule has 0 bridgehead atoms. The van der Waals surface area contributed by atoms with Crippen LogP contribution in [-0.2, 0) is 4.79 Å². The van der Waals surface area contributed by atoms with E-state index in [1.165, 1.54) is 5.56 Å². The standard InChI is InChI=1S/C22H26N6O2/c29-21(30)20-18(14-3-1-2-4-14)19-16(26-20)12-25-22(28-19)27-17-6-5-15(11-24-17)13-7-9-23-10-8-13/h5-6,11-14,18,23H,1-4,7-10H2,(H,29,30)(H,24,25,27,28). The summed E-state index contributed by atoms with van der Waals surface area (Å²) < 4.78 is 0. The Hall–Kier alpha value is -2.87. The van der Waals surface area contributed by atoms with Gasteiger partial charge >= 0.3 is 5.97 Å².